The molecule has 1 aromatic carbocycles. The molecule has 1 atom stereocenters. The molecule has 9 nitrogen and oxygen atoms in total. The standard InChI is InChI=1S/C16H17F6N7O2/c1-3-4-23-14(31)26-25-13(30)8(2)29-27-12(24-28-29)9-5-10(15(17,18)19)7-11(6-9)16(20,21)22/h5-8H,3-4H2,1-2H3,(H,25,30)(H2,23,26,31)/t8-/m0/s1. The van der Waals surface area contributed by atoms with Crippen molar-refractivity contribution < 1.29 is 35.9 Å². The highest BCUT2D eigenvalue weighted by molar-refractivity contribution is 5.83. The molecule has 2 rings (SSSR count). The van der Waals surface area contributed by atoms with E-state index in [4.69, 9.17) is 0 Å². The summed E-state index contributed by atoms with van der Waals surface area (Å²) in [6, 6.07) is -1.01. The number of rotatable bonds is 5. The third-order valence-electron chi connectivity index (χ3n) is 3.83. The van der Waals surface area contributed by atoms with Crippen LogP contribution in [0.15, 0.2) is 18.2 Å². The largest absolute Gasteiger partial charge is 0.416 e. The molecule has 0 fully saturated rings. The predicted octanol–water partition coefficient (Wildman–Crippen LogP) is 2.68. The van der Waals surface area contributed by atoms with Crippen molar-refractivity contribution in [2.75, 3.05) is 6.54 Å². The maximum atomic E-state index is 13.0. The number of nitrogens with zero attached hydrogens (tertiary/aromatic N) is 4. The van der Waals surface area contributed by atoms with Crippen molar-refractivity contribution in [3.05, 3.63) is 29.3 Å². The molecule has 0 aliphatic heterocycles. The van der Waals surface area contributed by atoms with Crippen LogP contribution in [-0.4, -0.2) is 38.7 Å². The van der Waals surface area contributed by atoms with Gasteiger partial charge in [0.15, 0.2) is 6.04 Å². The number of urea groups is 1. The van der Waals surface area contributed by atoms with Crippen LogP contribution in [0.1, 0.15) is 37.4 Å². The lowest BCUT2D eigenvalue weighted by atomic mass is 10.0. The van der Waals surface area contributed by atoms with E-state index in [2.05, 4.69) is 31.6 Å². The van der Waals surface area contributed by atoms with E-state index in [0.717, 1.165) is 0 Å². The monoisotopic (exact) mass is 453 g/mol. The van der Waals surface area contributed by atoms with Crippen molar-refractivity contribution in [3.8, 4) is 11.4 Å². The van der Waals surface area contributed by atoms with E-state index in [9.17, 15) is 35.9 Å². The van der Waals surface area contributed by atoms with E-state index in [1.165, 1.54) is 6.92 Å². The van der Waals surface area contributed by atoms with E-state index in [1.54, 1.807) is 0 Å². The molecule has 3 N–H and O–H groups in total. The second kappa shape index (κ2) is 9.18. The summed E-state index contributed by atoms with van der Waals surface area (Å²) in [5.41, 5.74) is 0.470. The van der Waals surface area contributed by atoms with Gasteiger partial charge in [-0.1, -0.05) is 6.92 Å². The lowest BCUT2D eigenvalue weighted by Gasteiger charge is -2.13. The van der Waals surface area contributed by atoms with Crippen LogP contribution in [0.2, 0.25) is 0 Å². The van der Waals surface area contributed by atoms with Gasteiger partial charge >= 0.3 is 18.4 Å². The van der Waals surface area contributed by atoms with E-state index >= 15 is 0 Å². The Morgan fingerprint density at radius 1 is 1.03 bits per heavy atom. The summed E-state index contributed by atoms with van der Waals surface area (Å²) in [6.07, 6.45) is -9.42. The summed E-state index contributed by atoms with van der Waals surface area (Å²) in [4.78, 5) is 24.2. The van der Waals surface area contributed by atoms with Crippen LogP contribution in [0.25, 0.3) is 11.4 Å². The summed E-state index contributed by atoms with van der Waals surface area (Å²) in [5.74, 6) is -1.36. The zero-order valence-electron chi connectivity index (χ0n) is 16.1. The number of nitrogens with one attached hydrogen (secondary N) is 3. The number of alkyl halides is 6. The molecule has 31 heavy (non-hydrogen) atoms. The fourth-order valence-corrected chi connectivity index (χ4v) is 2.20. The highest BCUT2D eigenvalue weighted by Crippen LogP contribution is 2.37. The van der Waals surface area contributed by atoms with Crippen LogP contribution in [-0.2, 0) is 17.1 Å². The summed E-state index contributed by atoms with van der Waals surface area (Å²) in [7, 11) is 0. The number of carbonyl (C=O) groups is 2. The predicted molar refractivity (Wildman–Crippen MR) is 92.9 cm³/mol. The van der Waals surface area contributed by atoms with Crippen LogP contribution in [0.3, 0.4) is 0 Å². The van der Waals surface area contributed by atoms with Crippen LogP contribution in [0.4, 0.5) is 31.1 Å². The molecule has 3 amide bonds. The van der Waals surface area contributed by atoms with Crippen LogP contribution < -0.4 is 16.2 Å². The highest BCUT2D eigenvalue weighted by Gasteiger charge is 2.37. The number of carbonyl (C=O) groups excluding carboxylic acids is 2. The van der Waals surface area contributed by atoms with E-state index in [-0.39, 0.29) is 6.07 Å². The first-order valence-electron chi connectivity index (χ1n) is 8.76. The van der Waals surface area contributed by atoms with Gasteiger partial charge in [-0.25, -0.2) is 10.2 Å². The Bertz CT molecular complexity index is 909. The van der Waals surface area contributed by atoms with Crippen molar-refractivity contribution >= 4 is 11.9 Å². The molecular formula is C16H17F6N7O2. The van der Waals surface area contributed by atoms with Gasteiger partial charge in [0.1, 0.15) is 0 Å². The Balaban J connectivity index is 2.23. The molecule has 0 bridgehead atoms. The summed E-state index contributed by atoms with van der Waals surface area (Å²) in [5, 5.41) is 13.1. The Kier molecular flexibility index (Phi) is 7.07. The third kappa shape index (κ3) is 6.29. The lowest BCUT2D eigenvalue weighted by molar-refractivity contribution is -0.143. The Hall–Kier alpha value is -3.39. The van der Waals surface area contributed by atoms with Gasteiger partial charge in [-0.2, -0.15) is 31.1 Å². The minimum Gasteiger partial charge on any atom is -0.337 e. The third-order valence-corrected chi connectivity index (χ3v) is 3.83. The van der Waals surface area contributed by atoms with Gasteiger partial charge in [0.25, 0.3) is 5.91 Å². The fraction of sp³-hybridized carbons (Fsp3) is 0.438. The Morgan fingerprint density at radius 3 is 2.13 bits per heavy atom. The van der Waals surface area contributed by atoms with Gasteiger partial charge in [0, 0.05) is 12.1 Å². The summed E-state index contributed by atoms with van der Waals surface area (Å²) >= 11 is 0. The summed E-state index contributed by atoms with van der Waals surface area (Å²) in [6.45, 7) is 3.46. The molecule has 0 aliphatic carbocycles. The Labute approximate surface area is 171 Å². The van der Waals surface area contributed by atoms with Gasteiger partial charge in [0.05, 0.1) is 11.1 Å². The number of benzene rings is 1. The van der Waals surface area contributed by atoms with Crippen molar-refractivity contribution in [1.29, 1.82) is 0 Å². The molecule has 170 valence electrons. The van der Waals surface area contributed by atoms with Crippen molar-refractivity contribution in [1.82, 2.24) is 36.4 Å². The smallest absolute Gasteiger partial charge is 0.337 e. The zero-order valence-corrected chi connectivity index (χ0v) is 16.1. The summed E-state index contributed by atoms with van der Waals surface area (Å²) < 4.78 is 78.0. The number of hydrazine groups is 1. The van der Waals surface area contributed by atoms with Crippen LogP contribution in [0, 0.1) is 0 Å². The van der Waals surface area contributed by atoms with Gasteiger partial charge < -0.3 is 5.32 Å². The second-order valence-corrected chi connectivity index (χ2v) is 6.27. The first kappa shape index (κ1) is 23.9. The first-order valence-corrected chi connectivity index (χ1v) is 8.76. The lowest BCUT2D eigenvalue weighted by Crippen LogP contribution is -2.49. The van der Waals surface area contributed by atoms with E-state index < -0.39 is 52.8 Å². The normalized spacial score (nSPS) is 12.9. The van der Waals surface area contributed by atoms with Crippen molar-refractivity contribution in [2.45, 2.75) is 38.7 Å². The number of amides is 3. The molecule has 15 heteroatoms. The Morgan fingerprint density at radius 2 is 1.61 bits per heavy atom. The molecular weight excluding hydrogens is 436 g/mol. The molecule has 0 saturated heterocycles. The minimum absolute atomic E-state index is 0.0285. The van der Waals surface area contributed by atoms with Crippen LogP contribution in [0.5, 0.6) is 0 Å². The highest BCUT2D eigenvalue weighted by atomic mass is 19.4. The SMILES string of the molecule is CCCNC(=O)NNC(=O)[C@H](C)n1nnc(-c2cc(C(F)(F)F)cc(C(F)(F)F)c2)n1. The number of hydrogen-bond acceptors (Lipinski definition) is 5. The zero-order chi connectivity index (χ0) is 23.4. The molecule has 0 radical (unpaired) electrons. The fourth-order valence-electron chi connectivity index (χ4n) is 2.20. The topological polar surface area (TPSA) is 114 Å². The first-order chi connectivity index (χ1) is 14.3. The van der Waals surface area contributed by atoms with E-state index in [1.807, 2.05) is 6.92 Å². The van der Waals surface area contributed by atoms with Gasteiger partial charge in [-0.3, -0.25) is 10.2 Å². The van der Waals surface area contributed by atoms with Crippen molar-refractivity contribution in [2.24, 2.45) is 0 Å². The number of hydrogen-bond donors (Lipinski definition) is 3. The number of tetrazole rings is 1. The van der Waals surface area contributed by atoms with Gasteiger partial charge in [0.2, 0.25) is 5.82 Å². The number of halogens is 6. The average Bonchev–Trinajstić information content (AvgIpc) is 3.18. The number of aromatic nitrogens is 4. The molecule has 2 aromatic rings. The van der Waals surface area contributed by atoms with Crippen molar-refractivity contribution in [3.63, 3.8) is 0 Å². The molecule has 0 spiro atoms. The molecule has 0 aliphatic rings. The molecule has 0 unspecified atom stereocenters. The quantitative estimate of drug-likeness (QED) is 0.476. The molecule has 1 heterocycles. The maximum absolute atomic E-state index is 13.0. The average molecular weight is 453 g/mol. The second-order valence-electron chi connectivity index (χ2n) is 6.27. The minimum atomic E-state index is -5.04. The van der Waals surface area contributed by atoms with Gasteiger partial charge in [-0.05, 0) is 36.8 Å². The molecule has 0 saturated carbocycles. The van der Waals surface area contributed by atoms with Crippen LogP contribution >= 0.6 is 0 Å². The molecule has 1 aromatic heterocycles. The van der Waals surface area contributed by atoms with Gasteiger partial charge in [-0.15, -0.1) is 10.2 Å². The van der Waals surface area contributed by atoms with E-state index in [0.29, 0.717) is 29.9 Å². The maximum Gasteiger partial charge on any atom is 0.416 e.